The van der Waals surface area contributed by atoms with E-state index in [9.17, 15) is 4.79 Å². The minimum Gasteiger partial charge on any atom is -0.367 e. The maximum absolute atomic E-state index is 12.4. The fourth-order valence-electron chi connectivity index (χ4n) is 4.25. The van der Waals surface area contributed by atoms with Crippen LogP contribution in [0.3, 0.4) is 0 Å². The number of anilines is 1. The van der Waals surface area contributed by atoms with E-state index >= 15 is 0 Å². The lowest BCUT2D eigenvalue weighted by atomic mass is 10.0. The third-order valence-corrected chi connectivity index (χ3v) is 6.05. The molecule has 3 aromatic rings. The molecule has 0 saturated heterocycles. The molecule has 0 radical (unpaired) electrons. The molecule has 0 bridgehead atoms. The summed E-state index contributed by atoms with van der Waals surface area (Å²) in [5, 5.41) is 11.2. The number of aromatic nitrogens is 3. The smallest absolute Gasteiger partial charge is 0.251 e. The number of amides is 1. The van der Waals surface area contributed by atoms with Crippen LogP contribution in [0.1, 0.15) is 60.1 Å². The van der Waals surface area contributed by atoms with Gasteiger partial charge in [0.15, 0.2) is 5.65 Å². The van der Waals surface area contributed by atoms with E-state index in [1.54, 1.807) is 0 Å². The summed E-state index contributed by atoms with van der Waals surface area (Å²) in [5.41, 5.74) is 5.63. The first-order chi connectivity index (χ1) is 14.1. The van der Waals surface area contributed by atoms with Gasteiger partial charge in [0.1, 0.15) is 5.82 Å². The molecule has 2 aliphatic rings. The summed E-state index contributed by atoms with van der Waals surface area (Å²) in [4.78, 5) is 17.3. The molecule has 6 nitrogen and oxygen atoms in total. The molecule has 2 aliphatic carbocycles. The molecule has 2 aromatic heterocycles. The van der Waals surface area contributed by atoms with E-state index < -0.39 is 0 Å². The van der Waals surface area contributed by atoms with Crippen molar-refractivity contribution in [1.29, 1.82) is 0 Å². The van der Waals surface area contributed by atoms with Crippen molar-refractivity contribution in [1.82, 2.24) is 19.9 Å². The third-order valence-electron chi connectivity index (χ3n) is 6.05. The molecule has 6 heteroatoms. The van der Waals surface area contributed by atoms with Crippen molar-refractivity contribution >= 4 is 17.4 Å². The topological polar surface area (TPSA) is 71.3 Å². The van der Waals surface area contributed by atoms with Crippen LogP contribution in [0, 0.1) is 13.8 Å². The van der Waals surface area contributed by atoms with Gasteiger partial charge < -0.3 is 10.6 Å². The lowest BCUT2D eigenvalue weighted by molar-refractivity contribution is 0.0950. The fraction of sp³-hybridized carbons (Fsp3) is 0.435. The number of benzene rings is 1. The number of carbonyl (C=O) groups excluding carboxylic acids is 1. The maximum atomic E-state index is 12.4. The Kier molecular flexibility index (Phi) is 4.49. The molecule has 0 unspecified atom stereocenters. The zero-order valence-corrected chi connectivity index (χ0v) is 17.0. The standard InChI is InChI=1S/C23H27N5O/c1-14-11-16(7-10-19(14)23(29)26-18-8-9-18)20-13-24-28-15(2)12-21(27-22(20)28)25-17-5-3-4-6-17/h7,10-13,17-18H,3-6,8-9H2,1-2H3,(H,25,27)(H,26,29). The predicted molar refractivity (Wildman–Crippen MR) is 114 cm³/mol. The first-order valence-electron chi connectivity index (χ1n) is 10.6. The number of aryl methyl sites for hydroxylation is 2. The molecule has 5 rings (SSSR count). The van der Waals surface area contributed by atoms with Crippen molar-refractivity contribution in [3.63, 3.8) is 0 Å². The molecular formula is C23H27N5O. The molecule has 2 fully saturated rings. The van der Waals surface area contributed by atoms with Crippen LogP contribution in [-0.2, 0) is 0 Å². The first-order valence-corrected chi connectivity index (χ1v) is 10.6. The second-order valence-corrected chi connectivity index (χ2v) is 8.48. The van der Waals surface area contributed by atoms with Crippen molar-refractivity contribution in [2.24, 2.45) is 0 Å². The van der Waals surface area contributed by atoms with E-state index in [1.165, 1.54) is 25.7 Å². The van der Waals surface area contributed by atoms with Crippen molar-refractivity contribution in [2.45, 2.75) is 64.5 Å². The number of carbonyl (C=O) groups is 1. The molecule has 150 valence electrons. The number of fused-ring (bicyclic) bond motifs is 1. The van der Waals surface area contributed by atoms with Crippen molar-refractivity contribution in [3.8, 4) is 11.1 Å². The molecular weight excluding hydrogens is 362 g/mol. The summed E-state index contributed by atoms with van der Waals surface area (Å²) < 4.78 is 1.89. The summed E-state index contributed by atoms with van der Waals surface area (Å²) in [7, 11) is 0. The van der Waals surface area contributed by atoms with Gasteiger partial charge in [-0.2, -0.15) is 5.10 Å². The number of nitrogens with zero attached hydrogens (tertiary/aromatic N) is 3. The Balaban J connectivity index is 1.48. The van der Waals surface area contributed by atoms with E-state index in [0.717, 1.165) is 52.3 Å². The van der Waals surface area contributed by atoms with Crippen molar-refractivity contribution in [2.75, 3.05) is 5.32 Å². The lowest BCUT2D eigenvalue weighted by Gasteiger charge is -2.14. The molecule has 2 heterocycles. The highest BCUT2D eigenvalue weighted by Crippen LogP contribution is 2.29. The van der Waals surface area contributed by atoms with Crippen LogP contribution < -0.4 is 10.6 Å². The van der Waals surface area contributed by atoms with E-state index in [0.29, 0.717) is 12.1 Å². The molecule has 0 aliphatic heterocycles. The Labute approximate surface area is 170 Å². The van der Waals surface area contributed by atoms with Gasteiger partial charge in [-0.15, -0.1) is 0 Å². The van der Waals surface area contributed by atoms with E-state index in [4.69, 9.17) is 4.98 Å². The Morgan fingerprint density at radius 2 is 1.86 bits per heavy atom. The average Bonchev–Trinajstić information content (AvgIpc) is 3.17. The molecule has 29 heavy (non-hydrogen) atoms. The summed E-state index contributed by atoms with van der Waals surface area (Å²) in [5.74, 6) is 0.939. The van der Waals surface area contributed by atoms with Gasteiger partial charge >= 0.3 is 0 Å². The van der Waals surface area contributed by atoms with Crippen LogP contribution in [0.25, 0.3) is 16.8 Å². The van der Waals surface area contributed by atoms with Gasteiger partial charge in [-0.05, 0) is 56.7 Å². The minimum absolute atomic E-state index is 0.0217. The van der Waals surface area contributed by atoms with Crippen LogP contribution in [0.4, 0.5) is 5.82 Å². The summed E-state index contributed by atoms with van der Waals surface area (Å²) in [6.07, 6.45) is 9.05. The quantitative estimate of drug-likeness (QED) is 0.684. The normalized spacial score (nSPS) is 17.0. The zero-order valence-electron chi connectivity index (χ0n) is 17.0. The average molecular weight is 390 g/mol. The van der Waals surface area contributed by atoms with Crippen LogP contribution in [0.2, 0.25) is 0 Å². The van der Waals surface area contributed by atoms with E-state index in [-0.39, 0.29) is 5.91 Å². The minimum atomic E-state index is 0.0217. The lowest BCUT2D eigenvalue weighted by Crippen LogP contribution is -2.26. The summed E-state index contributed by atoms with van der Waals surface area (Å²) >= 11 is 0. The van der Waals surface area contributed by atoms with Gasteiger partial charge in [-0.25, -0.2) is 9.50 Å². The molecule has 0 spiro atoms. The SMILES string of the molecule is Cc1cc(-c2cnn3c(C)cc(NC4CCCC4)nc23)ccc1C(=O)NC1CC1. The molecule has 1 amide bonds. The summed E-state index contributed by atoms with van der Waals surface area (Å²) in [6, 6.07) is 8.92. The van der Waals surface area contributed by atoms with E-state index in [2.05, 4.69) is 34.8 Å². The predicted octanol–water partition coefficient (Wildman–Crippen LogP) is 4.26. The van der Waals surface area contributed by atoms with Crippen molar-refractivity contribution < 1.29 is 4.79 Å². The van der Waals surface area contributed by atoms with Gasteiger partial charge in [0.2, 0.25) is 0 Å². The Morgan fingerprint density at radius 1 is 1.07 bits per heavy atom. The molecule has 2 N–H and O–H groups in total. The van der Waals surface area contributed by atoms with Gasteiger partial charge in [-0.1, -0.05) is 25.0 Å². The van der Waals surface area contributed by atoms with Crippen LogP contribution >= 0.6 is 0 Å². The number of hydrogen-bond acceptors (Lipinski definition) is 4. The van der Waals surface area contributed by atoms with Gasteiger partial charge in [0, 0.05) is 35.0 Å². The fourth-order valence-corrected chi connectivity index (χ4v) is 4.25. The first kappa shape index (κ1) is 18.2. The monoisotopic (exact) mass is 389 g/mol. The second-order valence-electron chi connectivity index (χ2n) is 8.48. The number of nitrogens with one attached hydrogen (secondary N) is 2. The Hall–Kier alpha value is -2.89. The van der Waals surface area contributed by atoms with E-state index in [1.807, 2.05) is 29.8 Å². The van der Waals surface area contributed by atoms with Gasteiger partial charge in [-0.3, -0.25) is 4.79 Å². The van der Waals surface area contributed by atoms with Crippen molar-refractivity contribution in [3.05, 3.63) is 47.3 Å². The maximum Gasteiger partial charge on any atom is 0.251 e. The summed E-state index contributed by atoms with van der Waals surface area (Å²) in [6.45, 7) is 4.05. The highest BCUT2D eigenvalue weighted by Gasteiger charge is 2.24. The third kappa shape index (κ3) is 3.59. The number of hydrogen-bond donors (Lipinski definition) is 2. The van der Waals surface area contributed by atoms with Crippen LogP contribution in [0.5, 0.6) is 0 Å². The largest absolute Gasteiger partial charge is 0.367 e. The zero-order chi connectivity index (χ0) is 20.0. The molecule has 1 aromatic carbocycles. The Morgan fingerprint density at radius 3 is 2.59 bits per heavy atom. The van der Waals surface area contributed by atoms with Crippen LogP contribution in [0.15, 0.2) is 30.5 Å². The van der Waals surface area contributed by atoms with Gasteiger partial charge in [0.05, 0.1) is 6.20 Å². The Bertz CT molecular complexity index is 1080. The van der Waals surface area contributed by atoms with Gasteiger partial charge in [0.25, 0.3) is 5.91 Å². The molecule has 2 saturated carbocycles. The van der Waals surface area contributed by atoms with Crippen LogP contribution in [-0.4, -0.2) is 32.6 Å². The number of rotatable bonds is 5. The molecule has 0 atom stereocenters. The highest BCUT2D eigenvalue weighted by molar-refractivity contribution is 5.97. The highest BCUT2D eigenvalue weighted by atomic mass is 16.1. The second kappa shape index (κ2) is 7.17.